The number of amides is 1. The molecule has 0 saturated heterocycles. The third kappa shape index (κ3) is 3.55. The second-order valence-corrected chi connectivity index (χ2v) is 7.91. The van der Waals surface area contributed by atoms with Gasteiger partial charge in [0, 0.05) is 31.5 Å². The third-order valence-electron chi connectivity index (χ3n) is 6.00. The van der Waals surface area contributed by atoms with Crippen LogP contribution in [0.2, 0.25) is 0 Å². The van der Waals surface area contributed by atoms with Gasteiger partial charge in [0.25, 0.3) is 11.5 Å². The predicted molar refractivity (Wildman–Crippen MR) is 125 cm³/mol. The molecule has 1 aliphatic heterocycles. The van der Waals surface area contributed by atoms with Gasteiger partial charge in [0.1, 0.15) is 0 Å². The van der Waals surface area contributed by atoms with Crippen LogP contribution in [0.4, 0.5) is 0 Å². The Morgan fingerprint density at radius 3 is 2.76 bits per heavy atom. The molecule has 2 N–H and O–H groups in total. The molecule has 2 aromatic carbocycles. The Morgan fingerprint density at radius 1 is 1.18 bits per heavy atom. The molecule has 33 heavy (non-hydrogen) atoms. The zero-order valence-corrected chi connectivity index (χ0v) is 18.0. The molecule has 8 heteroatoms. The number of carbonyl (C=O) groups is 1. The first kappa shape index (κ1) is 20.6. The van der Waals surface area contributed by atoms with Crippen LogP contribution in [0.5, 0.6) is 0 Å². The van der Waals surface area contributed by atoms with Crippen LogP contribution in [0.3, 0.4) is 0 Å². The van der Waals surface area contributed by atoms with Gasteiger partial charge in [-0.15, -0.1) is 0 Å². The van der Waals surface area contributed by atoms with Crippen molar-refractivity contribution in [3.8, 4) is 0 Å². The predicted octanol–water partition coefficient (Wildman–Crippen LogP) is 2.50. The van der Waals surface area contributed by atoms with Crippen molar-refractivity contribution in [3.63, 3.8) is 0 Å². The summed E-state index contributed by atoms with van der Waals surface area (Å²) < 4.78 is 1.40. The molecule has 164 valence electrons. The highest BCUT2D eigenvalue weighted by molar-refractivity contribution is 5.98. The van der Waals surface area contributed by atoms with E-state index in [0.29, 0.717) is 23.1 Å². The van der Waals surface area contributed by atoms with Crippen molar-refractivity contribution in [3.05, 3.63) is 105 Å². The summed E-state index contributed by atoms with van der Waals surface area (Å²) in [5, 5.41) is 8.02. The Bertz CT molecular complexity index is 1500. The van der Waals surface area contributed by atoms with E-state index in [1.807, 2.05) is 29.2 Å². The van der Waals surface area contributed by atoms with Gasteiger partial charge < -0.3 is 9.88 Å². The quantitative estimate of drug-likeness (QED) is 0.379. The number of hydrogen-bond donors (Lipinski definition) is 2. The second kappa shape index (κ2) is 8.31. The highest BCUT2D eigenvalue weighted by atomic mass is 16.2. The van der Waals surface area contributed by atoms with Crippen LogP contribution in [0.25, 0.3) is 11.0 Å². The topological polar surface area (TPSA) is 107 Å². The number of pyridine rings is 1. The summed E-state index contributed by atoms with van der Waals surface area (Å²) in [6.07, 6.45) is 5.66. The maximum Gasteiger partial charge on any atom is 0.291 e. The summed E-state index contributed by atoms with van der Waals surface area (Å²) in [6, 6.07) is 17.0. The molecule has 2 aromatic heterocycles. The Balaban J connectivity index is 1.62. The van der Waals surface area contributed by atoms with Crippen molar-refractivity contribution >= 4 is 23.3 Å². The number of nitrogens with zero attached hydrogens (tertiary/aromatic N) is 4. The van der Waals surface area contributed by atoms with Gasteiger partial charge in [0.15, 0.2) is 5.49 Å². The molecule has 0 aliphatic carbocycles. The highest BCUT2D eigenvalue weighted by Gasteiger charge is 2.32. The van der Waals surface area contributed by atoms with Crippen LogP contribution >= 0.6 is 0 Å². The number of aliphatic imine (C=N–C) groups is 1. The summed E-state index contributed by atoms with van der Waals surface area (Å²) in [6.45, 7) is 0.575. The number of aromatic nitrogens is 3. The fourth-order valence-electron chi connectivity index (χ4n) is 4.48. The van der Waals surface area contributed by atoms with Crippen LogP contribution in [0.15, 0.2) is 76.8 Å². The number of fused-ring (bicyclic) bond motifs is 2. The number of carbonyl (C=O) groups excluding carboxylic acids is 1. The normalized spacial score (nSPS) is 15.7. The first-order valence-corrected chi connectivity index (χ1v) is 10.6. The fourth-order valence-corrected chi connectivity index (χ4v) is 4.48. The number of hydrogen-bond acceptors (Lipinski definition) is 5. The maximum absolute atomic E-state index is 13.7. The van der Waals surface area contributed by atoms with E-state index in [-0.39, 0.29) is 17.4 Å². The Morgan fingerprint density at radius 2 is 1.97 bits per heavy atom. The van der Waals surface area contributed by atoms with Crippen molar-refractivity contribution in [2.24, 2.45) is 4.99 Å². The van der Waals surface area contributed by atoms with E-state index in [4.69, 9.17) is 5.41 Å². The van der Waals surface area contributed by atoms with Crippen LogP contribution in [-0.4, -0.2) is 45.3 Å². The molecule has 8 nitrogen and oxygen atoms in total. The molecular weight excluding hydrogens is 416 g/mol. The van der Waals surface area contributed by atoms with Crippen molar-refractivity contribution < 1.29 is 4.79 Å². The van der Waals surface area contributed by atoms with E-state index in [0.717, 1.165) is 17.5 Å². The van der Waals surface area contributed by atoms with Crippen LogP contribution in [0.1, 0.15) is 33.1 Å². The first-order valence-electron chi connectivity index (χ1n) is 10.6. The minimum Gasteiger partial charge on any atom is -0.327 e. The average molecular weight is 438 g/mol. The Hall–Kier alpha value is -4.33. The molecule has 0 bridgehead atoms. The Kier molecular flexibility index (Phi) is 5.18. The van der Waals surface area contributed by atoms with E-state index in [1.54, 1.807) is 37.6 Å². The first-order chi connectivity index (χ1) is 16.1. The van der Waals surface area contributed by atoms with Gasteiger partial charge in [-0.05, 0) is 53.4 Å². The second-order valence-electron chi connectivity index (χ2n) is 7.91. The van der Waals surface area contributed by atoms with Crippen LogP contribution < -0.4 is 11.0 Å². The zero-order chi connectivity index (χ0) is 22.9. The van der Waals surface area contributed by atoms with Gasteiger partial charge in [-0.1, -0.05) is 24.3 Å². The number of benzene rings is 2. The molecule has 3 heterocycles. The molecule has 0 saturated carbocycles. The maximum atomic E-state index is 13.7. The molecule has 4 aromatic rings. The van der Waals surface area contributed by atoms with Crippen LogP contribution in [-0.2, 0) is 6.42 Å². The van der Waals surface area contributed by atoms with Gasteiger partial charge in [0.05, 0.1) is 23.4 Å². The summed E-state index contributed by atoms with van der Waals surface area (Å²) >= 11 is 0. The van der Waals surface area contributed by atoms with Gasteiger partial charge in [0.2, 0.25) is 0 Å². The lowest BCUT2D eigenvalue weighted by molar-refractivity contribution is 0.0694. The monoisotopic (exact) mass is 438 g/mol. The molecule has 1 amide bonds. The highest BCUT2D eigenvalue weighted by Crippen LogP contribution is 2.36. The lowest BCUT2D eigenvalue weighted by Crippen LogP contribution is -2.40. The molecule has 0 radical (unpaired) electrons. The number of aromatic amines is 1. The van der Waals surface area contributed by atoms with Crippen molar-refractivity contribution in [1.29, 1.82) is 5.41 Å². The van der Waals surface area contributed by atoms with Gasteiger partial charge in [-0.25, -0.2) is 0 Å². The van der Waals surface area contributed by atoms with E-state index >= 15 is 0 Å². The summed E-state index contributed by atoms with van der Waals surface area (Å²) in [4.78, 5) is 38.7. The van der Waals surface area contributed by atoms with Crippen molar-refractivity contribution in [2.75, 3.05) is 13.6 Å². The smallest absolute Gasteiger partial charge is 0.291 e. The van der Waals surface area contributed by atoms with Crippen LogP contribution in [0, 0.1) is 5.41 Å². The van der Waals surface area contributed by atoms with E-state index in [1.165, 1.54) is 16.5 Å². The third-order valence-corrected chi connectivity index (χ3v) is 6.00. The standard InChI is InChI=1S/C25H22N6O2/c1-27-15-31-21-7-6-18(14-20(21)29-24(32)23(31)26)25(33)30-13-10-16-4-2-3-5-19(16)22(30)17-8-11-28-12-9-17/h2-9,11-12,14-15,22,26H,10,13H2,1H3,(H,29,32)/b26-23?,27-15-. The fraction of sp³-hybridized carbons (Fsp3) is 0.160. The molecule has 1 unspecified atom stereocenters. The molecule has 0 fully saturated rings. The largest absolute Gasteiger partial charge is 0.327 e. The summed E-state index contributed by atoms with van der Waals surface area (Å²) in [5.41, 5.74) is 4.09. The molecule has 0 spiro atoms. The minimum atomic E-state index is -0.548. The average Bonchev–Trinajstić information content (AvgIpc) is 2.86. The van der Waals surface area contributed by atoms with Gasteiger partial charge in [-0.2, -0.15) is 0 Å². The molecule has 1 aliphatic rings. The van der Waals surface area contributed by atoms with Crippen molar-refractivity contribution in [1.82, 2.24) is 19.4 Å². The number of nitrogens with one attached hydrogen (secondary N) is 2. The molecular formula is C25H22N6O2. The lowest BCUT2D eigenvalue weighted by atomic mass is 9.88. The van der Waals surface area contributed by atoms with Gasteiger partial charge >= 0.3 is 0 Å². The molecule has 5 rings (SSSR count). The van der Waals surface area contributed by atoms with E-state index in [9.17, 15) is 9.59 Å². The number of rotatable bonds is 3. The molecule has 1 atom stereocenters. The minimum absolute atomic E-state index is 0.125. The number of H-pyrrole nitrogens is 1. The van der Waals surface area contributed by atoms with Crippen molar-refractivity contribution in [2.45, 2.75) is 12.5 Å². The lowest BCUT2D eigenvalue weighted by Gasteiger charge is -2.37. The van der Waals surface area contributed by atoms with Gasteiger partial charge in [-0.3, -0.25) is 29.5 Å². The van der Waals surface area contributed by atoms with E-state index < -0.39 is 5.56 Å². The summed E-state index contributed by atoms with van der Waals surface area (Å²) in [5.74, 6) is -0.125. The van der Waals surface area contributed by atoms with E-state index in [2.05, 4.69) is 27.1 Å². The SMILES string of the molecule is C/N=C\n1c(=N)c(=O)[nH]c2cc(C(=O)N3CCc4ccccc4C3c3ccncc3)ccc21. The zero-order valence-electron chi connectivity index (χ0n) is 18.0. The summed E-state index contributed by atoms with van der Waals surface area (Å²) in [7, 11) is 1.57. The Labute approximate surface area is 189 Å².